The van der Waals surface area contributed by atoms with Crippen molar-refractivity contribution in [3.8, 4) is 0 Å². The highest BCUT2D eigenvalue weighted by Crippen LogP contribution is 2.36. The summed E-state index contributed by atoms with van der Waals surface area (Å²) in [5, 5.41) is 4.22. The lowest BCUT2D eigenvalue weighted by Crippen LogP contribution is -2.43. The van der Waals surface area contributed by atoms with Crippen LogP contribution >= 0.6 is 0 Å². The van der Waals surface area contributed by atoms with Crippen molar-refractivity contribution < 1.29 is 9.63 Å². The van der Waals surface area contributed by atoms with Gasteiger partial charge in [-0.2, -0.15) is 0 Å². The molecule has 0 spiro atoms. The molecule has 0 aromatic heterocycles. The number of nitrogens with two attached hydrogens (primary N) is 1. The van der Waals surface area contributed by atoms with E-state index in [0.717, 1.165) is 16.7 Å². The van der Waals surface area contributed by atoms with Gasteiger partial charge in [0.25, 0.3) is 0 Å². The van der Waals surface area contributed by atoms with Crippen molar-refractivity contribution in [2.75, 3.05) is 0 Å². The Hall–Kier alpha value is -1.84. The average molecular weight is 288 g/mol. The fraction of sp³-hybridized carbons (Fsp3) is 0.529. The summed E-state index contributed by atoms with van der Waals surface area (Å²) in [6.45, 7) is 12.2. The second-order valence-corrected chi connectivity index (χ2v) is 7.02. The van der Waals surface area contributed by atoms with Gasteiger partial charge in [0.1, 0.15) is 17.7 Å². The summed E-state index contributed by atoms with van der Waals surface area (Å²) in [6.07, 6.45) is -0.329. The molecule has 21 heavy (non-hydrogen) atoms. The summed E-state index contributed by atoms with van der Waals surface area (Å²) >= 11 is 0. The van der Waals surface area contributed by atoms with Gasteiger partial charge in [0.15, 0.2) is 0 Å². The molecule has 0 fully saturated rings. The number of hydrogen-bond acceptors (Lipinski definition) is 3. The molecule has 1 aromatic carbocycles. The van der Waals surface area contributed by atoms with Gasteiger partial charge in [0, 0.05) is 11.0 Å². The van der Waals surface area contributed by atoms with Crippen molar-refractivity contribution in [3.05, 3.63) is 34.4 Å². The number of benzene rings is 1. The van der Waals surface area contributed by atoms with E-state index in [1.165, 1.54) is 5.56 Å². The minimum atomic E-state index is -0.509. The highest BCUT2D eigenvalue weighted by atomic mass is 16.6. The monoisotopic (exact) mass is 288 g/mol. The third kappa shape index (κ3) is 2.80. The number of carbonyl (C=O) groups is 1. The second kappa shape index (κ2) is 5.17. The Morgan fingerprint density at radius 1 is 1.19 bits per heavy atom. The maximum atomic E-state index is 12.0. The van der Waals surface area contributed by atoms with E-state index >= 15 is 0 Å². The van der Waals surface area contributed by atoms with Crippen LogP contribution in [0, 0.1) is 32.1 Å². The topological polar surface area (TPSA) is 64.7 Å². The molecule has 1 aliphatic heterocycles. The van der Waals surface area contributed by atoms with Crippen molar-refractivity contribution in [2.45, 2.75) is 47.6 Å². The van der Waals surface area contributed by atoms with Crippen LogP contribution in [0.5, 0.6) is 0 Å². The van der Waals surface area contributed by atoms with E-state index in [9.17, 15) is 4.79 Å². The summed E-state index contributed by atoms with van der Waals surface area (Å²) in [5.41, 5.74) is 10.5. The lowest BCUT2D eigenvalue weighted by Gasteiger charge is -2.28. The SMILES string of the molecule is Cc1cc(C)c(C2=NO[C@H](C(C)(C)C)[C@H]2C(N)=O)c(C)c1. The summed E-state index contributed by atoms with van der Waals surface area (Å²) in [5.74, 6) is -0.893. The van der Waals surface area contributed by atoms with Gasteiger partial charge in [-0.15, -0.1) is 0 Å². The molecule has 1 heterocycles. The molecule has 2 atom stereocenters. The lowest BCUT2D eigenvalue weighted by atomic mass is 9.77. The number of primary amides is 1. The van der Waals surface area contributed by atoms with Gasteiger partial charge in [-0.3, -0.25) is 4.79 Å². The maximum absolute atomic E-state index is 12.0. The zero-order valence-electron chi connectivity index (χ0n) is 13.7. The van der Waals surface area contributed by atoms with Crippen LogP contribution in [0.2, 0.25) is 0 Å². The Bertz CT molecular complexity index is 589. The van der Waals surface area contributed by atoms with Gasteiger partial charge in [0.2, 0.25) is 5.91 Å². The molecule has 4 heteroatoms. The van der Waals surface area contributed by atoms with E-state index in [2.05, 4.69) is 24.2 Å². The third-order valence-electron chi connectivity index (χ3n) is 3.96. The zero-order chi connectivity index (χ0) is 15.9. The van der Waals surface area contributed by atoms with Crippen LogP contribution in [0.4, 0.5) is 0 Å². The second-order valence-electron chi connectivity index (χ2n) is 7.02. The van der Waals surface area contributed by atoms with Crippen LogP contribution < -0.4 is 5.73 Å². The van der Waals surface area contributed by atoms with E-state index in [0.29, 0.717) is 5.71 Å². The highest BCUT2D eigenvalue weighted by Gasteiger charge is 2.46. The van der Waals surface area contributed by atoms with Gasteiger partial charge in [-0.05, 0) is 31.9 Å². The van der Waals surface area contributed by atoms with E-state index in [1.807, 2.05) is 34.6 Å². The van der Waals surface area contributed by atoms with Crippen molar-refractivity contribution >= 4 is 11.6 Å². The molecule has 0 saturated carbocycles. The number of rotatable bonds is 2. The van der Waals surface area contributed by atoms with Crippen molar-refractivity contribution in [2.24, 2.45) is 22.2 Å². The third-order valence-corrected chi connectivity index (χ3v) is 3.96. The molecule has 1 amide bonds. The Morgan fingerprint density at radius 3 is 2.14 bits per heavy atom. The first kappa shape index (κ1) is 15.5. The Labute approximate surface area is 126 Å². The van der Waals surface area contributed by atoms with E-state index in [4.69, 9.17) is 10.6 Å². The van der Waals surface area contributed by atoms with Crippen LogP contribution in [-0.2, 0) is 9.63 Å². The fourth-order valence-electron chi connectivity index (χ4n) is 3.10. The number of oxime groups is 1. The van der Waals surface area contributed by atoms with Gasteiger partial charge in [-0.25, -0.2) is 0 Å². The Kier molecular flexibility index (Phi) is 3.83. The number of amides is 1. The predicted octanol–water partition coefficient (Wildman–Crippen LogP) is 2.86. The number of aryl methyl sites for hydroxylation is 3. The molecule has 0 unspecified atom stereocenters. The Balaban J connectivity index is 2.52. The normalized spacial score (nSPS) is 21.9. The first-order valence-electron chi connectivity index (χ1n) is 7.24. The molecule has 4 nitrogen and oxygen atoms in total. The first-order valence-corrected chi connectivity index (χ1v) is 7.24. The maximum Gasteiger partial charge on any atom is 0.230 e. The number of hydrogen-bond donors (Lipinski definition) is 1. The standard InChI is InChI=1S/C17H24N2O2/c1-9-7-10(2)12(11(3)8-9)14-13(16(18)20)15(21-19-14)17(4,5)6/h7-8,13,15H,1-6H3,(H2,18,20)/t13-,15-/m0/s1. The molecular formula is C17H24N2O2. The average Bonchev–Trinajstić information content (AvgIpc) is 2.71. The molecule has 0 saturated heterocycles. The van der Waals surface area contributed by atoms with Crippen molar-refractivity contribution in [1.82, 2.24) is 0 Å². The van der Waals surface area contributed by atoms with Crippen molar-refractivity contribution in [3.63, 3.8) is 0 Å². The lowest BCUT2D eigenvalue weighted by molar-refractivity contribution is -0.125. The summed E-state index contributed by atoms with van der Waals surface area (Å²) in [4.78, 5) is 17.6. The van der Waals surface area contributed by atoms with Crippen LogP contribution in [0.25, 0.3) is 0 Å². The van der Waals surface area contributed by atoms with Crippen LogP contribution in [0.15, 0.2) is 17.3 Å². The van der Waals surface area contributed by atoms with Gasteiger partial charge in [-0.1, -0.05) is 43.6 Å². The van der Waals surface area contributed by atoms with Crippen LogP contribution in [0.1, 0.15) is 43.0 Å². The minimum absolute atomic E-state index is 0.211. The quantitative estimate of drug-likeness (QED) is 0.909. The summed E-state index contributed by atoms with van der Waals surface area (Å²) in [7, 11) is 0. The molecule has 0 bridgehead atoms. The van der Waals surface area contributed by atoms with Gasteiger partial charge >= 0.3 is 0 Å². The molecule has 114 valence electrons. The Morgan fingerprint density at radius 2 is 1.71 bits per heavy atom. The summed E-state index contributed by atoms with van der Waals surface area (Å²) in [6, 6.07) is 4.18. The van der Waals surface area contributed by atoms with Crippen LogP contribution in [-0.4, -0.2) is 17.7 Å². The summed E-state index contributed by atoms with van der Waals surface area (Å²) < 4.78 is 0. The highest BCUT2D eigenvalue weighted by molar-refractivity contribution is 6.15. The van der Waals surface area contributed by atoms with Crippen LogP contribution in [0.3, 0.4) is 0 Å². The molecule has 0 aliphatic carbocycles. The fourth-order valence-corrected chi connectivity index (χ4v) is 3.10. The molecule has 0 radical (unpaired) electrons. The largest absolute Gasteiger partial charge is 0.390 e. The molecule has 1 aliphatic rings. The zero-order valence-corrected chi connectivity index (χ0v) is 13.7. The number of carbonyl (C=O) groups excluding carboxylic acids is 1. The molecule has 2 N–H and O–H groups in total. The number of nitrogens with zero attached hydrogens (tertiary/aromatic N) is 1. The molecular weight excluding hydrogens is 264 g/mol. The van der Waals surface area contributed by atoms with Gasteiger partial charge in [0.05, 0.1) is 0 Å². The predicted molar refractivity (Wildman–Crippen MR) is 84.2 cm³/mol. The first-order chi connectivity index (χ1) is 9.62. The molecule has 2 rings (SSSR count). The van der Waals surface area contributed by atoms with Gasteiger partial charge < -0.3 is 10.6 Å². The minimum Gasteiger partial charge on any atom is -0.390 e. The van der Waals surface area contributed by atoms with E-state index in [1.54, 1.807) is 0 Å². The molecule has 1 aromatic rings. The smallest absolute Gasteiger partial charge is 0.230 e. The van der Waals surface area contributed by atoms with Crippen molar-refractivity contribution in [1.29, 1.82) is 0 Å². The van der Waals surface area contributed by atoms with E-state index in [-0.39, 0.29) is 17.4 Å². The van der Waals surface area contributed by atoms with E-state index < -0.39 is 5.92 Å².